The van der Waals surface area contributed by atoms with Crippen molar-refractivity contribution in [3.8, 4) is 5.88 Å². The van der Waals surface area contributed by atoms with Gasteiger partial charge in [0.2, 0.25) is 5.88 Å². The van der Waals surface area contributed by atoms with Crippen LogP contribution in [0.1, 0.15) is 12.1 Å². The standard InChI is InChI=1S/C7H9BrN2O2/c8-6-5(4-11)9-10-2-1-3-12-7(6)10/h11H,1-4H2. The summed E-state index contributed by atoms with van der Waals surface area (Å²) in [6.45, 7) is 1.55. The lowest BCUT2D eigenvalue weighted by Gasteiger charge is -2.14. The molecule has 4 nitrogen and oxygen atoms in total. The first-order valence-corrected chi connectivity index (χ1v) is 4.61. The van der Waals surface area contributed by atoms with Crippen LogP contribution in [-0.2, 0) is 13.2 Å². The van der Waals surface area contributed by atoms with E-state index in [-0.39, 0.29) is 6.61 Å². The maximum absolute atomic E-state index is 8.91. The summed E-state index contributed by atoms with van der Waals surface area (Å²) in [7, 11) is 0. The first-order valence-electron chi connectivity index (χ1n) is 3.82. The highest BCUT2D eigenvalue weighted by molar-refractivity contribution is 9.10. The van der Waals surface area contributed by atoms with Gasteiger partial charge in [0.1, 0.15) is 10.2 Å². The summed E-state index contributed by atoms with van der Waals surface area (Å²) in [4.78, 5) is 0. The number of aliphatic hydroxyl groups is 1. The Morgan fingerprint density at radius 3 is 3.17 bits per heavy atom. The summed E-state index contributed by atoms with van der Waals surface area (Å²) >= 11 is 3.33. The molecular formula is C7H9BrN2O2. The molecule has 1 aromatic heterocycles. The Morgan fingerprint density at radius 2 is 2.50 bits per heavy atom. The lowest BCUT2D eigenvalue weighted by atomic mass is 10.4. The molecule has 2 heterocycles. The van der Waals surface area contributed by atoms with Crippen molar-refractivity contribution in [2.24, 2.45) is 0 Å². The lowest BCUT2D eigenvalue weighted by Crippen LogP contribution is -2.14. The second-order valence-corrected chi connectivity index (χ2v) is 3.44. The Kier molecular flexibility index (Phi) is 2.06. The smallest absolute Gasteiger partial charge is 0.226 e. The molecule has 0 aromatic carbocycles. The Balaban J connectivity index is 2.44. The van der Waals surface area contributed by atoms with Gasteiger partial charge in [0.25, 0.3) is 0 Å². The molecule has 0 fully saturated rings. The third kappa shape index (κ3) is 1.13. The Labute approximate surface area is 78.3 Å². The van der Waals surface area contributed by atoms with E-state index in [2.05, 4.69) is 21.0 Å². The highest BCUT2D eigenvalue weighted by Gasteiger charge is 2.18. The third-order valence-corrected chi connectivity index (χ3v) is 2.62. The second-order valence-electron chi connectivity index (χ2n) is 2.65. The quantitative estimate of drug-likeness (QED) is 0.784. The van der Waals surface area contributed by atoms with Crippen LogP contribution < -0.4 is 4.74 Å². The number of rotatable bonds is 1. The van der Waals surface area contributed by atoms with E-state index in [1.54, 1.807) is 4.68 Å². The van der Waals surface area contributed by atoms with E-state index in [9.17, 15) is 0 Å². The average molecular weight is 233 g/mol. The fraction of sp³-hybridized carbons (Fsp3) is 0.571. The van der Waals surface area contributed by atoms with Crippen molar-refractivity contribution in [1.82, 2.24) is 9.78 Å². The topological polar surface area (TPSA) is 47.3 Å². The van der Waals surface area contributed by atoms with Crippen LogP contribution in [0, 0.1) is 0 Å². The lowest BCUT2D eigenvalue weighted by molar-refractivity contribution is 0.228. The Hall–Kier alpha value is -0.550. The summed E-state index contributed by atoms with van der Waals surface area (Å²) in [5, 5.41) is 13.1. The van der Waals surface area contributed by atoms with Crippen LogP contribution in [0.3, 0.4) is 0 Å². The normalized spacial score (nSPS) is 15.5. The van der Waals surface area contributed by atoms with E-state index in [0.29, 0.717) is 5.69 Å². The van der Waals surface area contributed by atoms with Crippen LogP contribution in [0.5, 0.6) is 5.88 Å². The highest BCUT2D eigenvalue weighted by Crippen LogP contribution is 2.30. The average Bonchev–Trinajstić information content (AvgIpc) is 2.44. The Morgan fingerprint density at radius 1 is 1.67 bits per heavy atom. The van der Waals surface area contributed by atoms with Gasteiger partial charge in [-0.05, 0) is 15.9 Å². The number of fused-ring (bicyclic) bond motifs is 1. The third-order valence-electron chi connectivity index (χ3n) is 1.82. The minimum Gasteiger partial charge on any atom is -0.477 e. The molecule has 0 amide bonds. The molecule has 0 saturated heterocycles. The molecule has 1 aromatic rings. The number of halogens is 1. The van der Waals surface area contributed by atoms with Crippen molar-refractivity contribution < 1.29 is 9.84 Å². The van der Waals surface area contributed by atoms with Gasteiger partial charge in [0.15, 0.2) is 0 Å². The molecule has 0 bridgehead atoms. The van der Waals surface area contributed by atoms with Crippen LogP contribution in [0.4, 0.5) is 0 Å². The van der Waals surface area contributed by atoms with Crippen LogP contribution >= 0.6 is 15.9 Å². The number of aromatic nitrogens is 2. The van der Waals surface area contributed by atoms with Gasteiger partial charge in [-0.25, -0.2) is 4.68 Å². The number of ether oxygens (including phenoxy) is 1. The Bertz CT molecular complexity index is 298. The van der Waals surface area contributed by atoms with Crippen LogP contribution in [0.15, 0.2) is 4.47 Å². The van der Waals surface area contributed by atoms with Crippen molar-refractivity contribution in [3.63, 3.8) is 0 Å². The van der Waals surface area contributed by atoms with Gasteiger partial charge in [-0.1, -0.05) is 0 Å². The van der Waals surface area contributed by atoms with E-state index in [4.69, 9.17) is 9.84 Å². The molecule has 1 aliphatic heterocycles. The maximum atomic E-state index is 8.91. The molecule has 0 radical (unpaired) electrons. The van der Waals surface area contributed by atoms with Gasteiger partial charge in [0.05, 0.1) is 13.2 Å². The molecule has 66 valence electrons. The van der Waals surface area contributed by atoms with Gasteiger partial charge in [-0.15, -0.1) is 0 Å². The number of hydrogen-bond acceptors (Lipinski definition) is 3. The van der Waals surface area contributed by atoms with Crippen molar-refractivity contribution in [3.05, 3.63) is 10.2 Å². The first-order chi connectivity index (χ1) is 5.83. The van der Waals surface area contributed by atoms with E-state index in [1.165, 1.54) is 0 Å². The molecule has 0 unspecified atom stereocenters. The number of hydrogen-bond donors (Lipinski definition) is 1. The zero-order valence-electron chi connectivity index (χ0n) is 6.46. The minimum atomic E-state index is -0.0516. The second kappa shape index (κ2) is 3.06. The summed E-state index contributed by atoms with van der Waals surface area (Å²) in [6, 6.07) is 0. The fourth-order valence-electron chi connectivity index (χ4n) is 1.25. The largest absolute Gasteiger partial charge is 0.477 e. The summed E-state index contributed by atoms with van der Waals surface area (Å²) in [5.41, 5.74) is 0.645. The van der Waals surface area contributed by atoms with Crippen LogP contribution in [-0.4, -0.2) is 21.5 Å². The van der Waals surface area contributed by atoms with Crippen molar-refractivity contribution in [2.45, 2.75) is 19.6 Å². The fourth-order valence-corrected chi connectivity index (χ4v) is 1.77. The van der Waals surface area contributed by atoms with Crippen LogP contribution in [0.2, 0.25) is 0 Å². The molecule has 0 saturated carbocycles. The van der Waals surface area contributed by atoms with E-state index >= 15 is 0 Å². The van der Waals surface area contributed by atoms with Crippen molar-refractivity contribution in [1.29, 1.82) is 0 Å². The highest BCUT2D eigenvalue weighted by atomic mass is 79.9. The van der Waals surface area contributed by atoms with Crippen molar-refractivity contribution >= 4 is 15.9 Å². The SMILES string of the molecule is OCc1nn2c(c1Br)OCCC2. The molecule has 0 spiro atoms. The molecule has 0 aliphatic carbocycles. The zero-order chi connectivity index (χ0) is 8.55. The number of aryl methyl sites for hydroxylation is 1. The molecule has 2 rings (SSSR count). The molecular weight excluding hydrogens is 224 g/mol. The molecule has 1 aliphatic rings. The van der Waals surface area contributed by atoms with Gasteiger partial charge in [-0.2, -0.15) is 5.10 Å². The number of aliphatic hydroxyl groups excluding tert-OH is 1. The molecule has 1 N–H and O–H groups in total. The van der Waals surface area contributed by atoms with Crippen LogP contribution in [0.25, 0.3) is 0 Å². The first kappa shape index (κ1) is 8.07. The van der Waals surface area contributed by atoms with E-state index in [0.717, 1.165) is 29.9 Å². The monoisotopic (exact) mass is 232 g/mol. The van der Waals surface area contributed by atoms with Gasteiger partial charge in [0, 0.05) is 13.0 Å². The van der Waals surface area contributed by atoms with E-state index < -0.39 is 0 Å². The predicted molar refractivity (Wildman–Crippen MR) is 46.0 cm³/mol. The number of nitrogens with zero attached hydrogens (tertiary/aromatic N) is 2. The predicted octanol–water partition coefficient (Wildman–Crippen LogP) is 0.920. The molecule has 0 atom stereocenters. The van der Waals surface area contributed by atoms with Gasteiger partial charge < -0.3 is 9.84 Å². The van der Waals surface area contributed by atoms with E-state index in [1.807, 2.05) is 0 Å². The summed E-state index contributed by atoms with van der Waals surface area (Å²) in [5.74, 6) is 0.741. The van der Waals surface area contributed by atoms with Crippen molar-refractivity contribution in [2.75, 3.05) is 6.61 Å². The summed E-state index contributed by atoms with van der Waals surface area (Å²) in [6.07, 6.45) is 0.978. The zero-order valence-corrected chi connectivity index (χ0v) is 8.04. The van der Waals surface area contributed by atoms with Gasteiger partial charge >= 0.3 is 0 Å². The molecule has 5 heteroatoms. The van der Waals surface area contributed by atoms with Gasteiger partial charge in [-0.3, -0.25) is 0 Å². The summed E-state index contributed by atoms with van der Waals surface area (Å²) < 4.78 is 7.94. The molecule has 12 heavy (non-hydrogen) atoms. The minimum absolute atomic E-state index is 0.0516. The maximum Gasteiger partial charge on any atom is 0.226 e.